The Morgan fingerprint density at radius 2 is 1.85 bits per heavy atom. The molecule has 2 atom stereocenters. The number of amides is 1. The first-order valence-corrected chi connectivity index (χ1v) is 7.55. The predicted molar refractivity (Wildman–Crippen MR) is 78.7 cm³/mol. The van der Waals surface area contributed by atoms with Gasteiger partial charge < -0.3 is 21.3 Å². The normalized spacial score (nSPS) is 12.8. The van der Waals surface area contributed by atoms with E-state index in [0.717, 1.165) is 5.75 Å². The molecule has 8 heteroatoms. The Balaban J connectivity index is 0. The maximum absolute atomic E-state index is 10.4. The quantitative estimate of drug-likeness (QED) is 0.453. The number of hydrogen-bond acceptors (Lipinski definition) is 5. The van der Waals surface area contributed by atoms with Crippen LogP contribution in [0, 0.1) is 5.92 Å². The smallest absolute Gasteiger partial charge is 0.326 e. The summed E-state index contributed by atoms with van der Waals surface area (Å²) in [5.74, 6) is -0.802. The van der Waals surface area contributed by atoms with Gasteiger partial charge in [-0.1, -0.05) is 13.8 Å². The third-order valence-corrected chi connectivity index (χ3v) is 2.86. The van der Waals surface area contributed by atoms with Crippen molar-refractivity contribution in [3.63, 3.8) is 0 Å². The van der Waals surface area contributed by atoms with Crippen molar-refractivity contribution in [3.05, 3.63) is 0 Å². The summed E-state index contributed by atoms with van der Waals surface area (Å²) in [6.07, 6.45) is 3.32. The van der Waals surface area contributed by atoms with E-state index in [1.54, 1.807) is 11.8 Å². The lowest BCUT2D eigenvalue weighted by atomic mass is 10.1. The number of carboxylic acid groups (broad SMARTS) is 2. The van der Waals surface area contributed by atoms with Crippen LogP contribution < -0.4 is 11.1 Å². The number of hydrogen-bond donors (Lipinski definition) is 4. The zero-order chi connectivity index (χ0) is 16.1. The minimum atomic E-state index is -0.980. The molecule has 20 heavy (non-hydrogen) atoms. The number of nitrogens with two attached hydrogens (primary N) is 1. The molecule has 0 heterocycles. The van der Waals surface area contributed by atoms with Gasteiger partial charge in [-0.15, -0.1) is 0 Å². The molecule has 0 aromatic heterocycles. The molecule has 0 aromatic carbocycles. The monoisotopic (exact) mass is 308 g/mol. The van der Waals surface area contributed by atoms with E-state index in [4.69, 9.17) is 15.9 Å². The molecule has 0 saturated heterocycles. The third-order valence-electron chi connectivity index (χ3n) is 2.22. The van der Waals surface area contributed by atoms with Crippen molar-refractivity contribution in [2.45, 2.75) is 38.8 Å². The van der Waals surface area contributed by atoms with Crippen molar-refractivity contribution >= 4 is 30.1 Å². The topological polar surface area (TPSA) is 130 Å². The van der Waals surface area contributed by atoms with Gasteiger partial charge in [-0.25, -0.2) is 4.79 Å². The summed E-state index contributed by atoms with van der Waals surface area (Å²) in [6, 6.07) is -1.43. The molecule has 0 saturated carbocycles. The van der Waals surface area contributed by atoms with E-state index in [1.807, 2.05) is 20.1 Å². The lowest BCUT2D eigenvalue weighted by Gasteiger charge is -2.08. The average Bonchev–Trinajstić information content (AvgIpc) is 2.34. The van der Waals surface area contributed by atoms with Gasteiger partial charge in [0.1, 0.15) is 12.1 Å². The number of carbonyl (C=O) groups is 3. The minimum Gasteiger partial charge on any atom is -0.480 e. The van der Waals surface area contributed by atoms with Crippen LogP contribution in [0.15, 0.2) is 0 Å². The number of thioether (sulfide) groups is 1. The third kappa shape index (κ3) is 13.2. The fraction of sp³-hybridized carbons (Fsp3) is 0.750. The first kappa shape index (κ1) is 21.0. The van der Waals surface area contributed by atoms with Crippen LogP contribution >= 0.6 is 11.8 Å². The number of carbonyl (C=O) groups excluding carboxylic acids is 1. The molecule has 0 bridgehead atoms. The van der Waals surface area contributed by atoms with Crippen molar-refractivity contribution in [2.75, 3.05) is 12.0 Å². The molecule has 0 spiro atoms. The van der Waals surface area contributed by atoms with E-state index in [1.165, 1.54) is 0 Å². The molecule has 5 N–H and O–H groups in total. The van der Waals surface area contributed by atoms with Gasteiger partial charge in [0, 0.05) is 0 Å². The fourth-order valence-electron chi connectivity index (χ4n) is 1.20. The van der Waals surface area contributed by atoms with Crippen molar-refractivity contribution < 1.29 is 24.6 Å². The zero-order valence-electron chi connectivity index (χ0n) is 12.0. The summed E-state index contributed by atoms with van der Waals surface area (Å²) in [5.41, 5.74) is 5.22. The molecule has 0 fully saturated rings. The van der Waals surface area contributed by atoms with Crippen molar-refractivity contribution in [3.8, 4) is 0 Å². The van der Waals surface area contributed by atoms with Gasteiger partial charge in [-0.05, 0) is 30.8 Å². The molecular weight excluding hydrogens is 284 g/mol. The van der Waals surface area contributed by atoms with Crippen LogP contribution in [0.1, 0.15) is 26.7 Å². The van der Waals surface area contributed by atoms with E-state index in [9.17, 15) is 14.4 Å². The highest BCUT2D eigenvalue weighted by molar-refractivity contribution is 7.98. The lowest BCUT2D eigenvalue weighted by molar-refractivity contribution is -0.140. The Morgan fingerprint density at radius 1 is 1.30 bits per heavy atom. The van der Waals surface area contributed by atoms with E-state index >= 15 is 0 Å². The van der Waals surface area contributed by atoms with Gasteiger partial charge in [0.05, 0.1) is 0 Å². The molecule has 0 aliphatic rings. The highest BCUT2D eigenvalue weighted by atomic mass is 32.2. The van der Waals surface area contributed by atoms with Gasteiger partial charge in [0.15, 0.2) is 0 Å². The molecule has 1 amide bonds. The van der Waals surface area contributed by atoms with E-state index in [2.05, 4.69) is 5.32 Å². The maximum Gasteiger partial charge on any atom is 0.326 e. The molecule has 0 radical (unpaired) electrons. The first-order chi connectivity index (χ1) is 9.26. The van der Waals surface area contributed by atoms with Crippen LogP contribution in [0.3, 0.4) is 0 Å². The van der Waals surface area contributed by atoms with Gasteiger partial charge in [-0.3, -0.25) is 9.59 Å². The van der Waals surface area contributed by atoms with Crippen LogP contribution in [0.2, 0.25) is 0 Å². The molecule has 0 aromatic rings. The minimum absolute atomic E-state index is 0.357. The molecule has 7 nitrogen and oxygen atoms in total. The molecule has 0 aliphatic heterocycles. The molecule has 0 unspecified atom stereocenters. The van der Waals surface area contributed by atoms with E-state index in [0.29, 0.717) is 25.2 Å². The molecule has 0 aliphatic carbocycles. The highest BCUT2D eigenvalue weighted by Crippen LogP contribution is 2.01. The Bertz CT molecular complexity index is 300. The van der Waals surface area contributed by atoms with Gasteiger partial charge >= 0.3 is 11.9 Å². The molecule has 118 valence electrons. The largest absolute Gasteiger partial charge is 0.480 e. The highest BCUT2D eigenvalue weighted by Gasteiger charge is 2.14. The predicted octanol–water partition coefficient (Wildman–Crippen LogP) is 0.383. The summed E-state index contributed by atoms with van der Waals surface area (Å²) < 4.78 is 0. The Kier molecular flexibility index (Phi) is 13.4. The summed E-state index contributed by atoms with van der Waals surface area (Å²) in [5, 5.41) is 19.0. The van der Waals surface area contributed by atoms with Crippen LogP contribution in [0.4, 0.5) is 0 Å². The summed E-state index contributed by atoms with van der Waals surface area (Å²) in [6.45, 7) is 3.89. The standard InChI is InChI=1S/C6H11NO3S.C6H13NO2/c1-11-3-2-5(6(9)10)7-4-8;1-4(2)3-5(7)6(8)9/h4-5H,2-3H2,1H3,(H,7,8)(H,9,10);4-5H,3,7H2,1-2H3,(H,8,9)/t2*5-/m00/s1. The van der Waals surface area contributed by atoms with E-state index in [-0.39, 0.29) is 0 Å². The number of nitrogens with one attached hydrogen (secondary N) is 1. The summed E-state index contributed by atoms with van der Waals surface area (Å²) in [4.78, 5) is 30.4. The first-order valence-electron chi connectivity index (χ1n) is 6.16. The van der Waals surface area contributed by atoms with Gasteiger partial charge in [-0.2, -0.15) is 11.8 Å². The number of carboxylic acids is 2. The second-order valence-corrected chi connectivity index (χ2v) is 5.52. The molecular formula is C12H24N2O5S. The van der Waals surface area contributed by atoms with Crippen molar-refractivity contribution in [1.82, 2.24) is 5.32 Å². The second-order valence-electron chi connectivity index (χ2n) is 4.53. The van der Waals surface area contributed by atoms with Crippen molar-refractivity contribution in [1.29, 1.82) is 0 Å². The van der Waals surface area contributed by atoms with Crippen LogP contribution in [-0.2, 0) is 14.4 Å². The average molecular weight is 308 g/mol. The van der Waals surface area contributed by atoms with Gasteiger partial charge in [0.2, 0.25) is 6.41 Å². The number of aliphatic carboxylic acids is 2. The summed E-state index contributed by atoms with van der Waals surface area (Å²) in [7, 11) is 0. The second kappa shape index (κ2) is 12.7. The van der Waals surface area contributed by atoms with Crippen molar-refractivity contribution in [2.24, 2.45) is 11.7 Å². The fourth-order valence-corrected chi connectivity index (χ4v) is 1.68. The Morgan fingerprint density at radius 3 is 2.10 bits per heavy atom. The zero-order valence-corrected chi connectivity index (χ0v) is 12.9. The SMILES string of the molecule is CC(C)C[C@H](N)C(=O)O.CSCC[C@H](NC=O)C(=O)O. The maximum atomic E-state index is 10.4. The van der Waals surface area contributed by atoms with Gasteiger partial charge in [0.25, 0.3) is 0 Å². The molecule has 0 rings (SSSR count). The summed E-state index contributed by atoms with van der Waals surface area (Å²) >= 11 is 1.55. The Labute approximate surface area is 123 Å². The Hall–Kier alpha value is -1.28. The van der Waals surface area contributed by atoms with Crippen LogP contribution in [-0.4, -0.2) is 52.7 Å². The van der Waals surface area contributed by atoms with Crippen LogP contribution in [0.25, 0.3) is 0 Å². The lowest BCUT2D eigenvalue weighted by Crippen LogP contribution is -2.36. The number of rotatable bonds is 9. The van der Waals surface area contributed by atoms with E-state index < -0.39 is 24.0 Å². The van der Waals surface area contributed by atoms with Crippen LogP contribution in [0.5, 0.6) is 0 Å².